The minimum absolute atomic E-state index is 0.0296. The van der Waals surface area contributed by atoms with Crippen LogP contribution < -0.4 is 4.74 Å². The van der Waals surface area contributed by atoms with Gasteiger partial charge in [0.15, 0.2) is 0 Å². The van der Waals surface area contributed by atoms with Gasteiger partial charge in [-0.05, 0) is 6.07 Å². The van der Waals surface area contributed by atoms with E-state index >= 15 is 0 Å². The normalized spacial score (nSPS) is 32.0. The van der Waals surface area contributed by atoms with Crippen LogP contribution in [0.4, 0.5) is 4.79 Å². The zero-order valence-electron chi connectivity index (χ0n) is 11.1. The summed E-state index contributed by atoms with van der Waals surface area (Å²) < 4.78 is 21.9. The third-order valence-electron chi connectivity index (χ3n) is 3.63. The lowest BCUT2D eigenvalue weighted by Crippen LogP contribution is -2.54. The number of carboxylic acid groups (broad SMARTS) is 1. The highest BCUT2D eigenvalue weighted by Crippen LogP contribution is 2.46. The minimum Gasteiger partial charge on any atom is -0.449 e. The minimum atomic E-state index is -1.34. The van der Waals surface area contributed by atoms with E-state index in [1.54, 1.807) is 12.1 Å². The molecule has 108 valence electrons. The highest BCUT2D eigenvalue weighted by Gasteiger charge is 2.49. The molecule has 0 spiro atoms. The average molecular weight is 280 g/mol. The van der Waals surface area contributed by atoms with E-state index in [1.165, 1.54) is 0 Å². The molecule has 4 rings (SSSR count). The van der Waals surface area contributed by atoms with Crippen LogP contribution in [0.5, 0.6) is 5.75 Å². The Kier molecular flexibility index (Phi) is 3.37. The summed E-state index contributed by atoms with van der Waals surface area (Å²) in [5.74, 6) is -0.693. The van der Waals surface area contributed by atoms with E-state index in [4.69, 9.17) is 24.1 Å². The fourth-order valence-corrected chi connectivity index (χ4v) is 2.60. The number of hydrogen-bond donors (Lipinski definition) is 1. The Hall–Kier alpha value is -1.63. The Morgan fingerprint density at radius 2 is 2.10 bits per heavy atom. The molecule has 0 saturated carbocycles. The smallest absolute Gasteiger partial charge is 0.449 e. The van der Waals surface area contributed by atoms with Crippen molar-refractivity contribution in [2.45, 2.75) is 25.4 Å². The van der Waals surface area contributed by atoms with Gasteiger partial charge >= 0.3 is 6.16 Å². The van der Waals surface area contributed by atoms with Gasteiger partial charge in [0.25, 0.3) is 5.97 Å². The molecule has 1 aromatic rings. The first-order chi connectivity index (χ1) is 9.63. The highest BCUT2D eigenvalue weighted by molar-refractivity contribution is 5.62. The molecule has 0 radical (unpaired) electrons. The number of para-hydroxylation sites is 1. The maximum Gasteiger partial charge on any atom is 0.511 e. The largest absolute Gasteiger partial charge is 0.511 e. The zero-order chi connectivity index (χ0) is 14.2. The van der Waals surface area contributed by atoms with Crippen molar-refractivity contribution in [3.05, 3.63) is 29.8 Å². The first kappa shape index (κ1) is 13.4. The van der Waals surface area contributed by atoms with Gasteiger partial charge in [-0.3, -0.25) is 0 Å². The zero-order valence-corrected chi connectivity index (χ0v) is 11.1. The predicted molar refractivity (Wildman–Crippen MR) is 67.3 cm³/mol. The lowest BCUT2D eigenvalue weighted by molar-refractivity contribution is -0.470. The third-order valence-corrected chi connectivity index (χ3v) is 3.63. The summed E-state index contributed by atoms with van der Waals surface area (Å²) in [4.78, 5) is 10.8. The lowest BCUT2D eigenvalue weighted by atomic mass is 9.93. The molecule has 6 nitrogen and oxygen atoms in total. The summed E-state index contributed by atoms with van der Waals surface area (Å²) in [6.07, 6.45) is -1.05. The highest BCUT2D eigenvalue weighted by atomic mass is 16.9. The van der Waals surface area contributed by atoms with Crippen LogP contribution in [0.25, 0.3) is 0 Å². The number of hydrogen-bond acceptors (Lipinski definition) is 5. The van der Waals surface area contributed by atoms with Gasteiger partial charge in [0.1, 0.15) is 5.75 Å². The molecule has 3 fully saturated rings. The SMILES string of the molecule is CCC12OCC(CO1)C(c1ccccc1OC(=O)O)O2. The van der Waals surface area contributed by atoms with Crippen molar-refractivity contribution in [2.75, 3.05) is 13.2 Å². The lowest BCUT2D eigenvalue weighted by Gasteiger charge is -2.49. The number of ether oxygens (including phenoxy) is 4. The molecule has 3 aliphatic heterocycles. The van der Waals surface area contributed by atoms with Gasteiger partial charge in [-0.15, -0.1) is 0 Å². The molecule has 1 aromatic carbocycles. The summed E-state index contributed by atoms with van der Waals surface area (Å²) in [5, 5.41) is 8.81. The van der Waals surface area contributed by atoms with Gasteiger partial charge in [0.2, 0.25) is 0 Å². The van der Waals surface area contributed by atoms with Crippen LogP contribution in [0.3, 0.4) is 0 Å². The van der Waals surface area contributed by atoms with Gasteiger partial charge < -0.3 is 24.1 Å². The van der Waals surface area contributed by atoms with E-state index in [9.17, 15) is 4.79 Å². The fourth-order valence-electron chi connectivity index (χ4n) is 2.60. The van der Waals surface area contributed by atoms with Crippen LogP contribution in [-0.4, -0.2) is 30.4 Å². The number of benzene rings is 1. The summed E-state index contributed by atoms with van der Waals surface area (Å²) in [6, 6.07) is 6.99. The van der Waals surface area contributed by atoms with E-state index in [0.717, 1.165) is 0 Å². The van der Waals surface area contributed by atoms with Gasteiger partial charge in [-0.2, -0.15) is 0 Å². The number of rotatable bonds is 3. The quantitative estimate of drug-likeness (QED) is 0.677. The molecule has 0 aromatic heterocycles. The Balaban J connectivity index is 1.91. The molecule has 6 heteroatoms. The van der Waals surface area contributed by atoms with Crippen LogP contribution >= 0.6 is 0 Å². The first-order valence-electron chi connectivity index (χ1n) is 6.59. The predicted octanol–water partition coefficient (Wildman–Crippen LogP) is 2.54. The van der Waals surface area contributed by atoms with Crippen molar-refractivity contribution < 1.29 is 28.8 Å². The van der Waals surface area contributed by atoms with E-state index in [1.807, 2.05) is 19.1 Å². The monoisotopic (exact) mass is 280 g/mol. The van der Waals surface area contributed by atoms with Gasteiger partial charge in [-0.25, -0.2) is 4.79 Å². The summed E-state index contributed by atoms with van der Waals surface area (Å²) in [7, 11) is 0. The number of fused-ring (bicyclic) bond motifs is 3. The van der Waals surface area contributed by atoms with Crippen molar-refractivity contribution >= 4 is 6.16 Å². The van der Waals surface area contributed by atoms with Crippen molar-refractivity contribution in [1.29, 1.82) is 0 Å². The molecule has 3 saturated heterocycles. The van der Waals surface area contributed by atoms with Crippen LogP contribution in [0.15, 0.2) is 24.3 Å². The molecule has 0 aliphatic carbocycles. The molecule has 1 N–H and O–H groups in total. The van der Waals surface area contributed by atoms with Crippen LogP contribution in [0.1, 0.15) is 25.0 Å². The molecular weight excluding hydrogens is 264 g/mol. The molecule has 1 unspecified atom stereocenters. The van der Waals surface area contributed by atoms with Crippen molar-refractivity contribution in [3.8, 4) is 5.75 Å². The third kappa shape index (κ3) is 2.26. The molecule has 20 heavy (non-hydrogen) atoms. The van der Waals surface area contributed by atoms with E-state index < -0.39 is 12.1 Å². The summed E-state index contributed by atoms with van der Waals surface area (Å²) >= 11 is 0. The first-order valence-corrected chi connectivity index (χ1v) is 6.59. The molecule has 3 aliphatic rings. The Bertz CT molecular complexity index is 506. The van der Waals surface area contributed by atoms with Gasteiger partial charge in [-0.1, -0.05) is 25.1 Å². The van der Waals surface area contributed by atoms with E-state index in [0.29, 0.717) is 30.9 Å². The molecular formula is C14H16O6. The summed E-state index contributed by atoms with van der Waals surface area (Å²) in [5.41, 5.74) is 0.712. The Labute approximate surface area is 116 Å². The Morgan fingerprint density at radius 1 is 1.40 bits per heavy atom. The molecule has 0 amide bonds. The fraction of sp³-hybridized carbons (Fsp3) is 0.500. The second-order valence-electron chi connectivity index (χ2n) is 4.86. The van der Waals surface area contributed by atoms with Gasteiger partial charge in [0.05, 0.1) is 19.3 Å². The van der Waals surface area contributed by atoms with Crippen molar-refractivity contribution in [2.24, 2.45) is 5.92 Å². The van der Waals surface area contributed by atoms with Gasteiger partial charge in [0, 0.05) is 17.9 Å². The van der Waals surface area contributed by atoms with E-state index in [-0.39, 0.29) is 12.0 Å². The number of carbonyl (C=O) groups is 1. The average Bonchev–Trinajstić information content (AvgIpc) is 2.48. The molecule has 3 heterocycles. The second-order valence-corrected chi connectivity index (χ2v) is 4.86. The van der Waals surface area contributed by atoms with Crippen LogP contribution in [-0.2, 0) is 14.2 Å². The maximum atomic E-state index is 10.8. The molecule has 2 bridgehead atoms. The standard InChI is InChI=1S/C14H16O6/c1-2-14-17-7-9(8-18-14)12(20-14)10-5-3-4-6-11(10)19-13(15)16/h3-6,9,12H,2,7-8H2,1H3,(H,15,16). The van der Waals surface area contributed by atoms with Crippen molar-refractivity contribution in [3.63, 3.8) is 0 Å². The maximum absolute atomic E-state index is 10.8. The molecule has 1 atom stereocenters. The Morgan fingerprint density at radius 3 is 2.75 bits per heavy atom. The van der Waals surface area contributed by atoms with Crippen LogP contribution in [0.2, 0.25) is 0 Å². The topological polar surface area (TPSA) is 74.2 Å². The van der Waals surface area contributed by atoms with Crippen molar-refractivity contribution in [1.82, 2.24) is 0 Å². The summed E-state index contributed by atoms with van der Waals surface area (Å²) in [6.45, 7) is 2.97. The van der Waals surface area contributed by atoms with Crippen LogP contribution in [0, 0.1) is 5.92 Å². The van der Waals surface area contributed by atoms with E-state index in [2.05, 4.69) is 0 Å². The second kappa shape index (κ2) is 5.05.